The van der Waals surface area contributed by atoms with Crippen LogP contribution in [0.5, 0.6) is 11.5 Å². The monoisotopic (exact) mass is 333 g/mol. The highest BCUT2D eigenvalue weighted by Crippen LogP contribution is 2.32. The molecule has 7 heteroatoms. The van der Waals surface area contributed by atoms with Crippen LogP contribution in [0.1, 0.15) is 12.5 Å². The van der Waals surface area contributed by atoms with E-state index in [0.717, 1.165) is 22.2 Å². The highest BCUT2D eigenvalue weighted by Gasteiger charge is 2.17. The summed E-state index contributed by atoms with van der Waals surface area (Å²) in [5.41, 5.74) is 1.03. The fraction of sp³-hybridized carbons (Fsp3) is 0.375. The van der Waals surface area contributed by atoms with Crippen molar-refractivity contribution in [3.05, 3.63) is 36.2 Å². The average Bonchev–Trinajstić information content (AvgIpc) is 3.18. The summed E-state index contributed by atoms with van der Waals surface area (Å²) in [6.45, 7) is 3.47. The Kier molecular flexibility index (Phi) is 4.76. The largest absolute Gasteiger partial charge is 0.454 e. The van der Waals surface area contributed by atoms with Crippen molar-refractivity contribution in [2.24, 2.45) is 7.05 Å². The summed E-state index contributed by atoms with van der Waals surface area (Å²) in [5.74, 6) is 1.98. The predicted octanol–water partition coefficient (Wildman–Crippen LogP) is 2.29. The van der Waals surface area contributed by atoms with Crippen molar-refractivity contribution in [2.75, 3.05) is 19.1 Å². The van der Waals surface area contributed by atoms with E-state index in [1.54, 1.807) is 6.20 Å². The van der Waals surface area contributed by atoms with Gasteiger partial charge in [-0.25, -0.2) is 4.98 Å². The van der Waals surface area contributed by atoms with Gasteiger partial charge < -0.3 is 18.9 Å². The number of fused-ring (bicyclic) bond motifs is 1. The van der Waals surface area contributed by atoms with Crippen LogP contribution in [0.25, 0.3) is 0 Å². The molecule has 0 atom stereocenters. The van der Waals surface area contributed by atoms with Gasteiger partial charge in [-0.05, 0) is 24.6 Å². The quantitative estimate of drug-likeness (QED) is 0.759. The molecule has 0 spiro atoms. The number of carbonyl (C=O) groups is 1. The third kappa shape index (κ3) is 3.61. The highest BCUT2D eigenvalue weighted by atomic mass is 32.2. The molecule has 1 aliphatic rings. The average molecular weight is 333 g/mol. The van der Waals surface area contributed by atoms with Crippen LogP contribution in [0.4, 0.5) is 0 Å². The van der Waals surface area contributed by atoms with Crippen LogP contribution in [0.2, 0.25) is 0 Å². The van der Waals surface area contributed by atoms with E-state index in [-0.39, 0.29) is 12.7 Å². The molecule has 3 rings (SSSR count). The summed E-state index contributed by atoms with van der Waals surface area (Å²) in [5, 5.41) is 0.845. The lowest BCUT2D eigenvalue weighted by Crippen LogP contribution is -2.31. The third-order valence-electron chi connectivity index (χ3n) is 3.65. The Morgan fingerprint density at radius 3 is 2.96 bits per heavy atom. The van der Waals surface area contributed by atoms with Crippen molar-refractivity contribution in [1.82, 2.24) is 14.5 Å². The first kappa shape index (κ1) is 15.7. The standard InChI is InChI=1S/C16H19N3O3S/c1-3-19(15(20)10-23-16-17-6-7-18(16)2)9-12-4-5-13-14(8-12)22-11-21-13/h4-8H,3,9-11H2,1-2H3. The maximum Gasteiger partial charge on any atom is 0.233 e. The molecule has 0 radical (unpaired) electrons. The first-order chi connectivity index (χ1) is 11.2. The van der Waals surface area contributed by atoms with Gasteiger partial charge in [0.2, 0.25) is 12.7 Å². The minimum atomic E-state index is 0.0955. The number of rotatable bonds is 6. The molecule has 0 bridgehead atoms. The molecule has 0 fully saturated rings. The van der Waals surface area contributed by atoms with Crippen molar-refractivity contribution >= 4 is 17.7 Å². The van der Waals surface area contributed by atoms with E-state index in [0.29, 0.717) is 18.8 Å². The Bertz CT molecular complexity index is 702. The number of benzene rings is 1. The van der Waals surface area contributed by atoms with Crippen LogP contribution in [-0.4, -0.2) is 39.4 Å². The first-order valence-electron chi connectivity index (χ1n) is 7.43. The lowest BCUT2D eigenvalue weighted by atomic mass is 10.2. The summed E-state index contributed by atoms with van der Waals surface area (Å²) in [6, 6.07) is 5.79. The second kappa shape index (κ2) is 6.95. The zero-order valence-electron chi connectivity index (χ0n) is 13.2. The van der Waals surface area contributed by atoms with E-state index >= 15 is 0 Å². The number of thioether (sulfide) groups is 1. The summed E-state index contributed by atoms with van der Waals surface area (Å²) >= 11 is 1.45. The van der Waals surface area contributed by atoms with Crippen molar-refractivity contribution in [3.8, 4) is 11.5 Å². The van der Waals surface area contributed by atoms with Crippen LogP contribution in [-0.2, 0) is 18.4 Å². The van der Waals surface area contributed by atoms with E-state index in [1.807, 2.05) is 47.8 Å². The minimum Gasteiger partial charge on any atom is -0.454 e. The molecule has 6 nitrogen and oxygen atoms in total. The zero-order valence-corrected chi connectivity index (χ0v) is 14.0. The molecule has 1 aromatic heterocycles. The van der Waals surface area contributed by atoms with Gasteiger partial charge in [-0.15, -0.1) is 0 Å². The van der Waals surface area contributed by atoms with Gasteiger partial charge in [0.1, 0.15) is 0 Å². The van der Waals surface area contributed by atoms with E-state index in [4.69, 9.17) is 9.47 Å². The van der Waals surface area contributed by atoms with Crippen molar-refractivity contribution < 1.29 is 14.3 Å². The molecule has 0 N–H and O–H groups in total. The zero-order chi connectivity index (χ0) is 16.2. The fourth-order valence-electron chi connectivity index (χ4n) is 2.34. The normalized spacial score (nSPS) is 12.4. The number of hydrogen-bond acceptors (Lipinski definition) is 5. The van der Waals surface area contributed by atoms with Gasteiger partial charge in [-0.2, -0.15) is 0 Å². The lowest BCUT2D eigenvalue weighted by Gasteiger charge is -2.21. The molecular formula is C16H19N3O3S. The molecule has 0 unspecified atom stereocenters. The summed E-state index contributed by atoms with van der Waals surface area (Å²) in [4.78, 5) is 18.5. The van der Waals surface area contributed by atoms with Crippen LogP contribution < -0.4 is 9.47 Å². The van der Waals surface area contributed by atoms with Gasteiger partial charge >= 0.3 is 0 Å². The van der Waals surface area contributed by atoms with Gasteiger partial charge in [-0.3, -0.25) is 4.79 Å². The van der Waals surface area contributed by atoms with Crippen molar-refractivity contribution in [1.29, 1.82) is 0 Å². The number of ether oxygens (including phenoxy) is 2. The third-order valence-corrected chi connectivity index (χ3v) is 4.69. The van der Waals surface area contributed by atoms with Crippen LogP contribution >= 0.6 is 11.8 Å². The van der Waals surface area contributed by atoms with Gasteiger partial charge in [0.15, 0.2) is 16.7 Å². The number of hydrogen-bond donors (Lipinski definition) is 0. The molecule has 1 aromatic carbocycles. The number of carbonyl (C=O) groups excluding carboxylic acids is 1. The number of imidazole rings is 1. The molecular weight excluding hydrogens is 314 g/mol. The minimum absolute atomic E-state index is 0.0955. The van der Waals surface area contributed by atoms with Crippen molar-refractivity contribution in [3.63, 3.8) is 0 Å². The Balaban J connectivity index is 1.60. The summed E-state index contributed by atoms with van der Waals surface area (Å²) in [7, 11) is 1.92. The predicted molar refractivity (Wildman–Crippen MR) is 87.6 cm³/mol. The number of nitrogens with zero attached hydrogens (tertiary/aromatic N) is 3. The SMILES string of the molecule is CCN(Cc1ccc2c(c1)OCO2)C(=O)CSc1nccn1C. The molecule has 2 aromatic rings. The maximum atomic E-state index is 12.4. The molecule has 0 saturated heterocycles. The smallest absolute Gasteiger partial charge is 0.233 e. The van der Waals surface area contributed by atoms with E-state index in [9.17, 15) is 4.79 Å². The van der Waals surface area contributed by atoms with Gasteiger partial charge in [-0.1, -0.05) is 17.8 Å². The van der Waals surface area contributed by atoms with E-state index < -0.39 is 0 Å². The van der Waals surface area contributed by atoms with Crippen LogP contribution in [0.15, 0.2) is 35.7 Å². The summed E-state index contributed by atoms with van der Waals surface area (Å²) in [6.07, 6.45) is 3.61. The summed E-state index contributed by atoms with van der Waals surface area (Å²) < 4.78 is 12.6. The molecule has 23 heavy (non-hydrogen) atoms. The Hall–Kier alpha value is -2.15. The molecule has 1 amide bonds. The van der Waals surface area contributed by atoms with Crippen LogP contribution in [0.3, 0.4) is 0 Å². The van der Waals surface area contributed by atoms with Crippen LogP contribution in [0, 0.1) is 0 Å². The Morgan fingerprint density at radius 1 is 1.39 bits per heavy atom. The second-order valence-corrected chi connectivity index (χ2v) is 6.15. The molecule has 2 heterocycles. The van der Waals surface area contributed by atoms with Gasteiger partial charge in [0, 0.05) is 32.5 Å². The fourth-order valence-corrected chi connectivity index (χ4v) is 3.18. The van der Waals surface area contributed by atoms with Gasteiger partial charge in [0.05, 0.1) is 5.75 Å². The molecule has 1 aliphatic heterocycles. The lowest BCUT2D eigenvalue weighted by molar-refractivity contribution is -0.128. The Morgan fingerprint density at radius 2 is 2.22 bits per heavy atom. The van der Waals surface area contributed by atoms with E-state index in [2.05, 4.69) is 4.98 Å². The first-order valence-corrected chi connectivity index (χ1v) is 8.42. The Labute approximate surface area is 139 Å². The molecule has 0 aliphatic carbocycles. The topological polar surface area (TPSA) is 56.6 Å². The molecule has 122 valence electrons. The van der Waals surface area contributed by atoms with E-state index in [1.165, 1.54) is 11.8 Å². The number of amides is 1. The highest BCUT2D eigenvalue weighted by molar-refractivity contribution is 7.99. The number of aromatic nitrogens is 2. The maximum absolute atomic E-state index is 12.4. The number of aryl methyl sites for hydroxylation is 1. The van der Waals surface area contributed by atoms with Gasteiger partial charge in [0.25, 0.3) is 0 Å². The second-order valence-electron chi connectivity index (χ2n) is 5.20. The molecule has 0 saturated carbocycles. The van der Waals surface area contributed by atoms with Crippen molar-refractivity contribution in [2.45, 2.75) is 18.6 Å².